The molecule has 1 unspecified atom stereocenters. The average molecular weight is 320 g/mol. The Morgan fingerprint density at radius 1 is 1.29 bits per heavy atom. The van der Waals surface area contributed by atoms with E-state index in [1.54, 1.807) is 17.8 Å². The second-order valence-corrected chi connectivity index (χ2v) is 5.84. The van der Waals surface area contributed by atoms with Crippen LogP contribution in [0.2, 0.25) is 0 Å². The lowest BCUT2D eigenvalue weighted by atomic mass is 9.99. The van der Waals surface area contributed by atoms with Crippen LogP contribution in [0, 0.1) is 23.7 Å². The van der Waals surface area contributed by atoms with Gasteiger partial charge in [-0.05, 0) is 20.8 Å². The molecule has 0 amide bonds. The molecule has 3 rings (SSSR count). The van der Waals surface area contributed by atoms with E-state index in [2.05, 4.69) is 21.1 Å². The highest BCUT2D eigenvalue weighted by atomic mass is 16.1. The molecule has 0 radical (unpaired) electrons. The summed E-state index contributed by atoms with van der Waals surface area (Å²) in [4.78, 5) is 16.0. The summed E-state index contributed by atoms with van der Waals surface area (Å²) in [6, 6.07) is 2.21. The van der Waals surface area contributed by atoms with E-state index in [0.29, 0.717) is 22.5 Å². The van der Waals surface area contributed by atoms with Gasteiger partial charge in [0.15, 0.2) is 5.65 Å². The molecule has 0 spiro atoms. The van der Waals surface area contributed by atoms with Crippen molar-refractivity contribution >= 4 is 5.65 Å². The minimum Gasteiger partial charge on any atom is -0.338 e. The zero-order chi connectivity index (χ0) is 17.4. The Balaban J connectivity index is 2.37. The quantitative estimate of drug-likeness (QED) is 0.748. The molecule has 7 nitrogen and oxygen atoms in total. The summed E-state index contributed by atoms with van der Waals surface area (Å²) in [6.45, 7) is 5.80. The second-order valence-electron chi connectivity index (χ2n) is 5.84. The SMILES string of the molecule is C#CC(C)c1c(-c2cnn(C(C)C)c2)[nH]c2c(C#N)cnn2c1=O. The van der Waals surface area contributed by atoms with E-state index in [9.17, 15) is 10.1 Å². The number of terminal acetylenes is 1. The fourth-order valence-corrected chi connectivity index (χ4v) is 2.57. The molecule has 3 heterocycles. The van der Waals surface area contributed by atoms with Crippen LogP contribution in [0.4, 0.5) is 0 Å². The molecule has 1 N–H and O–H groups in total. The number of hydrogen-bond donors (Lipinski definition) is 1. The largest absolute Gasteiger partial charge is 0.338 e. The molecule has 0 aliphatic carbocycles. The molecule has 0 saturated heterocycles. The number of rotatable bonds is 3. The minimum atomic E-state index is -0.412. The van der Waals surface area contributed by atoms with Gasteiger partial charge in [-0.1, -0.05) is 5.92 Å². The average Bonchev–Trinajstić information content (AvgIpc) is 3.20. The molecule has 0 bridgehead atoms. The van der Waals surface area contributed by atoms with E-state index in [-0.39, 0.29) is 11.6 Å². The maximum absolute atomic E-state index is 12.8. The molecule has 0 fully saturated rings. The first-order valence-electron chi connectivity index (χ1n) is 7.52. The lowest BCUT2D eigenvalue weighted by Crippen LogP contribution is -2.23. The summed E-state index contributed by atoms with van der Waals surface area (Å²) in [5.74, 6) is 2.18. The second kappa shape index (κ2) is 5.71. The summed E-state index contributed by atoms with van der Waals surface area (Å²) in [7, 11) is 0. The van der Waals surface area contributed by atoms with E-state index < -0.39 is 5.92 Å². The van der Waals surface area contributed by atoms with Gasteiger partial charge in [-0.2, -0.15) is 20.0 Å². The van der Waals surface area contributed by atoms with Gasteiger partial charge in [-0.3, -0.25) is 9.48 Å². The highest BCUT2D eigenvalue weighted by molar-refractivity contribution is 5.67. The van der Waals surface area contributed by atoms with Crippen molar-refractivity contribution in [1.82, 2.24) is 24.4 Å². The van der Waals surface area contributed by atoms with Gasteiger partial charge < -0.3 is 4.98 Å². The number of fused-ring (bicyclic) bond motifs is 1. The zero-order valence-electron chi connectivity index (χ0n) is 13.6. The Hall–Kier alpha value is -3.32. The summed E-state index contributed by atoms with van der Waals surface area (Å²) in [5.41, 5.74) is 2.06. The number of hydrogen-bond acceptors (Lipinski definition) is 4. The van der Waals surface area contributed by atoms with Crippen LogP contribution in [0.3, 0.4) is 0 Å². The van der Waals surface area contributed by atoms with Crippen LogP contribution in [0.15, 0.2) is 23.4 Å². The van der Waals surface area contributed by atoms with Gasteiger partial charge in [0.05, 0.1) is 23.7 Å². The highest BCUT2D eigenvalue weighted by Gasteiger charge is 2.21. The van der Waals surface area contributed by atoms with Crippen molar-refractivity contribution in [1.29, 1.82) is 5.26 Å². The third-order valence-electron chi connectivity index (χ3n) is 3.93. The first-order valence-corrected chi connectivity index (χ1v) is 7.52. The Kier molecular flexibility index (Phi) is 3.70. The maximum atomic E-state index is 12.8. The van der Waals surface area contributed by atoms with Crippen molar-refractivity contribution in [2.45, 2.75) is 32.7 Å². The van der Waals surface area contributed by atoms with E-state index in [1.165, 1.54) is 10.7 Å². The molecule has 3 aromatic rings. The zero-order valence-corrected chi connectivity index (χ0v) is 13.6. The first-order chi connectivity index (χ1) is 11.5. The summed E-state index contributed by atoms with van der Waals surface area (Å²) in [6.07, 6.45) is 10.4. The Morgan fingerprint density at radius 3 is 2.62 bits per heavy atom. The van der Waals surface area contributed by atoms with Crippen LogP contribution in [0.1, 0.15) is 43.9 Å². The predicted octanol–water partition coefficient (Wildman–Crippen LogP) is 2.08. The standard InChI is InChI=1S/C17H16N6O/c1-5-11(4)14-15(13-8-19-22(9-13)10(2)3)21-16-12(6-18)7-20-23(16)17(14)24/h1,7-11,21H,2-4H3. The molecule has 7 heteroatoms. The Morgan fingerprint density at radius 2 is 2.04 bits per heavy atom. The molecular formula is C17H16N6O. The lowest BCUT2D eigenvalue weighted by Gasteiger charge is -2.11. The van der Waals surface area contributed by atoms with Gasteiger partial charge >= 0.3 is 0 Å². The molecule has 0 aliphatic rings. The maximum Gasteiger partial charge on any atom is 0.279 e. The Bertz CT molecular complexity index is 1050. The molecule has 0 saturated carbocycles. The minimum absolute atomic E-state index is 0.187. The van der Waals surface area contributed by atoms with Crippen molar-refractivity contribution in [3.8, 4) is 29.7 Å². The number of nitrogens with zero attached hydrogens (tertiary/aromatic N) is 5. The molecule has 0 aliphatic heterocycles. The molecule has 120 valence electrons. The van der Waals surface area contributed by atoms with Gasteiger partial charge in [0.25, 0.3) is 5.56 Å². The van der Waals surface area contributed by atoms with Gasteiger partial charge in [-0.25, -0.2) is 0 Å². The summed E-state index contributed by atoms with van der Waals surface area (Å²) < 4.78 is 2.97. The normalized spacial score (nSPS) is 12.2. The molecule has 1 atom stereocenters. The van der Waals surface area contributed by atoms with Crippen LogP contribution >= 0.6 is 0 Å². The van der Waals surface area contributed by atoms with Crippen molar-refractivity contribution in [3.05, 3.63) is 40.1 Å². The number of aromatic nitrogens is 5. The third kappa shape index (κ3) is 2.27. The monoisotopic (exact) mass is 320 g/mol. The van der Waals surface area contributed by atoms with Gasteiger partial charge in [0, 0.05) is 23.7 Å². The summed E-state index contributed by atoms with van der Waals surface area (Å²) >= 11 is 0. The van der Waals surface area contributed by atoms with E-state index >= 15 is 0 Å². The van der Waals surface area contributed by atoms with E-state index in [0.717, 1.165) is 5.56 Å². The van der Waals surface area contributed by atoms with Crippen molar-refractivity contribution in [2.24, 2.45) is 0 Å². The molecular weight excluding hydrogens is 304 g/mol. The van der Waals surface area contributed by atoms with Crippen LogP contribution < -0.4 is 5.56 Å². The van der Waals surface area contributed by atoms with Gasteiger partial charge in [0.1, 0.15) is 11.6 Å². The van der Waals surface area contributed by atoms with Gasteiger partial charge in [0.2, 0.25) is 0 Å². The number of nitrogens with one attached hydrogen (secondary N) is 1. The van der Waals surface area contributed by atoms with Crippen molar-refractivity contribution < 1.29 is 0 Å². The Labute approximate surface area is 138 Å². The molecule has 0 aromatic carbocycles. The summed E-state index contributed by atoms with van der Waals surface area (Å²) in [5, 5.41) is 17.5. The topological polar surface area (TPSA) is 91.8 Å². The lowest BCUT2D eigenvalue weighted by molar-refractivity contribution is 0.532. The number of H-pyrrole nitrogens is 1. The first kappa shape index (κ1) is 15.6. The third-order valence-corrected chi connectivity index (χ3v) is 3.93. The fraction of sp³-hybridized carbons (Fsp3) is 0.294. The van der Waals surface area contributed by atoms with E-state index in [1.807, 2.05) is 26.1 Å². The molecule has 3 aromatic heterocycles. The van der Waals surface area contributed by atoms with Crippen molar-refractivity contribution in [3.63, 3.8) is 0 Å². The van der Waals surface area contributed by atoms with Crippen LogP contribution in [0.5, 0.6) is 0 Å². The predicted molar refractivity (Wildman–Crippen MR) is 89.4 cm³/mol. The van der Waals surface area contributed by atoms with Crippen molar-refractivity contribution in [2.75, 3.05) is 0 Å². The number of aromatic amines is 1. The van der Waals surface area contributed by atoms with Crippen LogP contribution in [-0.2, 0) is 0 Å². The van der Waals surface area contributed by atoms with Crippen LogP contribution in [-0.4, -0.2) is 24.4 Å². The highest BCUT2D eigenvalue weighted by Crippen LogP contribution is 2.26. The fourth-order valence-electron chi connectivity index (χ4n) is 2.57. The van der Waals surface area contributed by atoms with Crippen LogP contribution in [0.25, 0.3) is 16.9 Å². The number of nitriles is 1. The molecule has 24 heavy (non-hydrogen) atoms. The van der Waals surface area contributed by atoms with E-state index in [4.69, 9.17) is 6.42 Å². The smallest absolute Gasteiger partial charge is 0.279 e. The van der Waals surface area contributed by atoms with Gasteiger partial charge in [-0.15, -0.1) is 6.42 Å².